The molecule has 0 aliphatic carbocycles. The second-order valence-corrected chi connectivity index (χ2v) is 7.84. The maximum Gasteiger partial charge on any atom is 0.277 e. The summed E-state index contributed by atoms with van der Waals surface area (Å²) in [4.78, 5) is 24.7. The highest BCUT2D eigenvalue weighted by molar-refractivity contribution is 6.48. The molecule has 30 heavy (non-hydrogen) atoms. The number of likely N-dealkylation sites (N-methyl/N-ethyl adjacent to an activating group) is 1. The van der Waals surface area contributed by atoms with Crippen molar-refractivity contribution in [3.63, 3.8) is 0 Å². The largest absolute Gasteiger partial charge is 0.395 e. The number of rotatable bonds is 7. The number of aliphatic imine (C=N–C) groups is 1. The van der Waals surface area contributed by atoms with Gasteiger partial charge < -0.3 is 10.0 Å². The number of anilines is 1. The highest BCUT2D eigenvalue weighted by Crippen LogP contribution is 2.27. The molecule has 1 aliphatic heterocycles. The fourth-order valence-electron chi connectivity index (χ4n) is 3.78. The van der Waals surface area contributed by atoms with Crippen molar-refractivity contribution in [2.45, 2.75) is 53.9 Å². The van der Waals surface area contributed by atoms with Gasteiger partial charge in [0.15, 0.2) is 5.82 Å². The Morgan fingerprint density at radius 3 is 2.53 bits per heavy atom. The minimum absolute atomic E-state index is 0.106. The van der Waals surface area contributed by atoms with E-state index in [4.69, 9.17) is 9.98 Å². The van der Waals surface area contributed by atoms with Crippen molar-refractivity contribution in [2.75, 3.05) is 24.6 Å². The van der Waals surface area contributed by atoms with Crippen molar-refractivity contribution in [1.82, 2.24) is 9.66 Å². The molecule has 0 saturated heterocycles. The van der Waals surface area contributed by atoms with Crippen molar-refractivity contribution in [1.29, 1.82) is 0 Å². The Morgan fingerprint density at radius 1 is 1.23 bits per heavy atom. The molecule has 0 radical (unpaired) electrons. The molecular formula is C23H31N5O2. The zero-order chi connectivity index (χ0) is 22.0. The number of hydrogen-bond donors (Lipinski definition) is 1. The molecule has 1 aromatic heterocycles. The number of aryl methyl sites for hydroxylation is 1. The van der Waals surface area contributed by atoms with Crippen LogP contribution in [0.15, 0.2) is 33.1 Å². The quantitative estimate of drug-likeness (QED) is 0.760. The minimum Gasteiger partial charge on any atom is -0.395 e. The molecule has 1 N–H and O–H groups in total. The van der Waals surface area contributed by atoms with Crippen LogP contribution in [0.2, 0.25) is 0 Å². The highest BCUT2D eigenvalue weighted by Gasteiger charge is 2.27. The van der Waals surface area contributed by atoms with Crippen molar-refractivity contribution in [3.05, 3.63) is 51.2 Å². The molecule has 0 unspecified atom stereocenters. The summed E-state index contributed by atoms with van der Waals surface area (Å²) in [6.07, 6.45) is 0.628. The third-order valence-corrected chi connectivity index (χ3v) is 5.42. The summed E-state index contributed by atoms with van der Waals surface area (Å²) >= 11 is 0. The van der Waals surface area contributed by atoms with Gasteiger partial charge in [0.1, 0.15) is 5.71 Å². The Bertz CT molecular complexity index is 1070. The van der Waals surface area contributed by atoms with Gasteiger partial charge in [-0.3, -0.25) is 4.79 Å². The third kappa shape index (κ3) is 3.94. The molecule has 0 spiro atoms. The summed E-state index contributed by atoms with van der Waals surface area (Å²) in [7, 11) is 0. The van der Waals surface area contributed by atoms with Crippen LogP contribution in [0.25, 0.3) is 0 Å². The smallest absolute Gasteiger partial charge is 0.277 e. The summed E-state index contributed by atoms with van der Waals surface area (Å²) in [5, 5.41) is 13.7. The standard InChI is InChI=1S/C23H31N5O2/c1-7-18-20(14(3)4)25-22-21(16(6)26-28(22)23(18)30)24-19-10-9-17(13-15(19)5)27(8-2)11-12-29/h9-10,13-14,29H,7-8,11-12H2,1-6H3. The molecule has 2 aromatic rings. The fourth-order valence-corrected chi connectivity index (χ4v) is 3.78. The first kappa shape index (κ1) is 21.9. The first-order chi connectivity index (χ1) is 14.3. The highest BCUT2D eigenvalue weighted by atomic mass is 16.3. The second-order valence-electron chi connectivity index (χ2n) is 7.84. The number of nitrogens with zero attached hydrogens (tertiary/aromatic N) is 5. The Balaban J connectivity index is 2.09. The SMILES string of the molecule is CCc1c(C(C)C)nc2n(c1=O)N=C(C)C2=Nc1ccc(N(CC)CCO)cc1C. The topological polar surface area (TPSA) is 83.1 Å². The monoisotopic (exact) mass is 409 g/mol. The van der Waals surface area contributed by atoms with E-state index in [0.717, 1.165) is 34.7 Å². The Kier molecular flexibility index (Phi) is 6.51. The van der Waals surface area contributed by atoms with Crippen LogP contribution in [0.1, 0.15) is 63.2 Å². The Labute approximate surface area is 177 Å². The molecule has 3 rings (SSSR count). The number of hydrogen-bond acceptors (Lipinski definition) is 6. The lowest BCUT2D eigenvalue weighted by molar-refractivity contribution is 0.302. The predicted molar refractivity (Wildman–Crippen MR) is 123 cm³/mol. The van der Waals surface area contributed by atoms with E-state index in [1.807, 2.05) is 46.8 Å². The number of aliphatic hydroxyl groups excluding tert-OH is 1. The number of fused-ring (bicyclic) bond motifs is 1. The molecule has 7 heteroatoms. The van der Waals surface area contributed by atoms with E-state index in [-0.39, 0.29) is 18.1 Å². The predicted octanol–water partition coefficient (Wildman–Crippen LogP) is 3.41. The van der Waals surface area contributed by atoms with Gasteiger partial charge in [0.25, 0.3) is 5.56 Å². The van der Waals surface area contributed by atoms with Crippen molar-refractivity contribution in [3.8, 4) is 0 Å². The van der Waals surface area contributed by atoms with Crippen molar-refractivity contribution in [2.24, 2.45) is 10.1 Å². The number of aliphatic hydroxyl groups is 1. The van der Waals surface area contributed by atoms with E-state index in [1.54, 1.807) is 0 Å². The van der Waals surface area contributed by atoms with Gasteiger partial charge in [-0.2, -0.15) is 9.78 Å². The molecule has 1 aliphatic rings. The first-order valence-corrected chi connectivity index (χ1v) is 10.6. The lowest BCUT2D eigenvalue weighted by Gasteiger charge is -2.22. The third-order valence-electron chi connectivity index (χ3n) is 5.42. The maximum absolute atomic E-state index is 13.0. The van der Waals surface area contributed by atoms with E-state index in [1.165, 1.54) is 4.68 Å². The molecular weight excluding hydrogens is 378 g/mol. The van der Waals surface area contributed by atoms with E-state index in [2.05, 4.69) is 23.0 Å². The molecule has 0 atom stereocenters. The van der Waals surface area contributed by atoms with Crippen molar-refractivity contribution >= 4 is 22.8 Å². The van der Waals surface area contributed by atoms with E-state index in [9.17, 15) is 9.90 Å². The average molecular weight is 410 g/mol. The summed E-state index contributed by atoms with van der Waals surface area (Å²) < 4.78 is 1.39. The van der Waals surface area contributed by atoms with Crippen LogP contribution in [-0.2, 0) is 6.42 Å². The fraction of sp³-hybridized carbons (Fsp3) is 0.478. The van der Waals surface area contributed by atoms with Crippen LogP contribution >= 0.6 is 0 Å². The van der Waals surface area contributed by atoms with Gasteiger partial charge >= 0.3 is 0 Å². The molecule has 0 amide bonds. The molecule has 0 fully saturated rings. The normalized spacial score (nSPS) is 14.4. The zero-order valence-electron chi connectivity index (χ0n) is 18.7. The molecule has 2 heterocycles. The Morgan fingerprint density at radius 2 is 1.97 bits per heavy atom. The molecule has 0 saturated carbocycles. The van der Waals surface area contributed by atoms with Gasteiger partial charge in [-0.15, -0.1) is 0 Å². The zero-order valence-corrected chi connectivity index (χ0v) is 18.7. The second kappa shape index (κ2) is 8.92. The molecule has 7 nitrogen and oxygen atoms in total. The first-order valence-electron chi connectivity index (χ1n) is 10.6. The van der Waals surface area contributed by atoms with E-state index >= 15 is 0 Å². The van der Waals surface area contributed by atoms with Gasteiger partial charge in [0, 0.05) is 24.3 Å². The van der Waals surface area contributed by atoms with E-state index < -0.39 is 0 Å². The van der Waals surface area contributed by atoms with Gasteiger partial charge in [0.2, 0.25) is 0 Å². The summed E-state index contributed by atoms with van der Waals surface area (Å²) in [5.74, 6) is 0.658. The Hall–Kier alpha value is -2.80. The van der Waals surface area contributed by atoms with Gasteiger partial charge in [-0.1, -0.05) is 20.8 Å². The van der Waals surface area contributed by atoms with Crippen molar-refractivity contribution < 1.29 is 5.11 Å². The molecule has 0 bridgehead atoms. The van der Waals surface area contributed by atoms with Crippen LogP contribution in [0, 0.1) is 6.92 Å². The van der Waals surface area contributed by atoms with Gasteiger partial charge in [0.05, 0.1) is 23.7 Å². The summed E-state index contributed by atoms with van der Waals surface area (Å²) in [6, 6.07) is 6.04. The van der Waals surface area contributed by atoms with Crippen LogP contribution < -0.4 is 10.5 Å². The number of aromatic nitrogens is 2. The van der Waals surface area contributed by atoms with E-state index in [0.29, 0.717) is 30.2 Å². The van der Waals surface area contributed by atoms with Gasteiger partial charge in [-0.05, 0) is 56.9 Å². The lowest BCUT2D eigenvalue weighted by Crippen LogP contribution is -2.27. The van der Waals surface area contributed by atoms with Gasteiger partial charge in [-0.25, -0.2) is 9.98 Å². The maximum atomic E-state index is 13.0. The van der Waals surface area contributed by atoms with Crippen LogP contribution in [0.4, 0.5) is 11.4 Å². The van der Waals surface area contributed by atoms with Crippen LogP contribution in [0.5, 0.6) is 0 Å². The average Bonchev–Trinajstić information content (AvgIpc) is 3.03. The number of benzene rings is 1. The molecule has 1 aromatic carbocycles. The van der Waals surface area contributed by atoms with Crippen LogP contribution in [0.3, 0.4) is 0 Å². The minimum atomic E-state index is -0.106. The van der Waals surface area contributed by atoms with Crippen LogP contribution in [-0.4, -0.2) is 45.9 Å². The lowest BCUT2D eigenvalue weighted by atomic mass is 10.0. The summed E-state index contributed by atoms with van der Waals surface area (Å²) in [5.41, 5.74) is 5.63. The molecule has 160 valence electrons. The summed E-state index contributed by atoms with van der Waals surface area (Å²) in [6.45, 7) is 13.5.